The van der Waals surface area contributed by atoms with Gasteiger partial charge in [-0.15, -0.1) is 0 Å². The van der Waals surface area contributed by atoms with E-state index in [1.165, 1.54) is 0 Å². The smallest absolute Gasteiger partial charge is 0.320 e. The number of benzene rings is 1. The first-order valence-corrected chi connectivity index (χ1v) is 8.85. The van der Waals surface area contributed by atoms with Crippen LogP contribution in [0, 0.1) is 13.8 Å². The lowest BCUT2D eigenvalue weighted by molar-refractivity contribution is 0.249. The minimum Gasteiger partial charge on any atom is -0.330 e. The Balaban J connectivity index is 1.77. The van der Waals surface area contributed by atoms with Crippen molar-refractivity contribution in [3.05, 3.63) is 53.2 Å². The average molecular weight is 331 g/mol. The van der Waals surface area contributed by atoms with Crippen molar-refractivity contribution in [2.24, 2.45) is 0 Å². The molecule has 0 saturated heterocycles. The van der Waals surface area contributed by atoms with Crippen LogP contribution in [0.2, 0.25) is 0 Å². The van der Waals surface area contributed by atoms with E-state index in [2.05, 4.69) is 15.6 Å². The van der Waals surface area contributed by atoms with E-state index in [0.29, 0.717) is 11.4 Å². The van der Waals surface area contributed by atoms with E-state index in [1.807, 2.05) is 19.9 Å². The van der Waals surface area contributed by atoms with Gasteiger partial charge in [-0.3, -0.25) is 5.32 Å². The van der Waals surface area contributed by atoms with Gasteiger partial charge in [-0.05, 0) is 43.2 Å². The van der Waals surface area contributed by atoms with Gasteiger partial charge in [0.05, 0.1) is 16.7 Å². The molecule has 0 radical (unpaired) electrons. The number of hydrogen-bond acceptors (Lipinski definition) is 4. The molecular weight excluding hydrogens is 314 g/mol. The minimum absolute atomic E-state index is 0.125. The van der Waals surface area contributed by atoms with Gasteiger partial charge in [0.1, 0.15) is 5.82 Å². The maximum absolute atomic E-state index is 12.2. The van der Waals surface area contributed by atoms with Crippen molar-refractivity contribution in [1.82, 2.24) is 10.3 Å². The molecule has 2 amide bonds. The fourth-order valence-electron chi connectivity index (χ4n) is 2.79. The van der Waals surface area contributed by atoms with Crippen molar-refractivity contribution < 1.29 is 13.2 Å². The number of sulfone groups is 1. The van der Waals surface area contributed by atoms with E-state index in [-0.39, 0.29) is 10.6 Å². The number of pyridine rings is 1. The molecule has 0 aliphatic carbocycles. The molecule has 2 heterocycles. The van der Waals surface area contributed by atoms with E-state index in [1.54, 1.807) is 30.3 Å². The molecule has 7 heteroatoms. The molecule has 0 saturated carbocycles. The second-order valence-electron chi connectivity index (χ2n) is 5.64. The van der Waals surface area contributed by atoms with Gasteiger partial charge in [0, 0.05) is 5.69 Å². The third-order valence-electron chi connectivity index (χ3n) is 3.66. The van der Waals surface area contributed by atoms with E-state index >= 15 is 0 Å². The van der Waals surface area contributed by atoms with E-state index in [0.717, 1.165) is 11.3 Å². The summed E-state index contributed by atoms with van der Waals surface area (Å²) in [6, 6.07) is 9.36. The topological polar surface area (TPSA) is 88.2 Å². The molecule has 2 aromatic rings. The zero-order valence-electron chi connectivity index (χ0n) is 12.8. The average Bonchev–Trinajstić information content (AvgIpc) is 2.69. The molecule has 1 aliphatic rings. The van der Waals surface area contributed by atoms with Crippen LogP contribution in [0.1, 0.15) is 22.9 Å². The van der Waals surface area contributed by atoms with Gasteiger partial charge >= 0.3 is 6.03 Å². The highest BCUT2D eigenvalue weighted by molar-refractivity contribution is 7.91. The van der Waals surface area contributed by atoms with Crippen molar-refractivity contribution >= 4 is 21.7 Å². The molecule has 120 valence electrons. The van der Waals surface area contributed by atoms with Gasteiger partial charge < -0.3 is 5.32 Å². The number of amides is 2. The number of fused-ring (bicyclic) bond motifs is 1. The summed E-state index contributed by atoms with van der Waals surface area (Å²) in [5, 5.41) is 5.36. The molecule has 1 atom stereocenters. The largest absolute Gasteiger partial charge is 0.330 e. The van der Waals surface area contributed by atoms with Crippen molar-refractivity contribution in [3.8, 4) is 0 Å². The quantitative estimate of drug-likeness (QED) is 0.884. The van der Waals surface area contributed by atoms with Gasteiger partial charge in [0.25, 0.3) is 0 Å². The fraction of sp³-hybridized carbons (Fsp3) is 0.250. The van der Waals surface area contributed by atoms with E-state index in [9.17, 15) is 13.2 Å². The molecule has 0 fully saturated rings. The molecule has 2 N–H and O–H groups in total. The predicted molar refractivity (Wildman–Crippen MR) is 87.1 cm³/mol. The van der Waals surface area contributed by atoms with Gasteiger partial charge in [-0.25, -0.2) is 18.2 Å². The SMILES string of the molecule is Cc1cc(C)nc(NC(=O)NC2CS(=O)(=O)c3ccccc32)c1. The number of nitrogens with one attached hydrogen (secondary N) is 2. The number of rotatable bonds is 2. The normalized spacial score (nSPS) is 18.3. The summed E-state index contributed by atoms with van der Waals surface area (Å²) >= 11 is 0. The number of urea groups is 1. The minimum atomic E-state index is -3.34. The standard InChI is InChI=1S/C16H17N3O3S/c1-10-7-11(2)17-15(8-10)19-16(20)18-13-9-23(21,22)14-6-4-3-5-12(13)14/h3-8,13H,9H2,1-2H3,(H2,17,18,19,20). The van der Waals surface area contributed by atoms with Crippen LogP contribution in [0.25, 0.3) is 0 Å². The molecular formula is C16H17N3O3S. The number of anilines is 1. The summed E-state index contributed by atoms with van der Waals surface area (Å²) in [5.41, 5.74) is 2.41. The molecule has 0 bridgehead atoms. The molecule has 23 heavy (non-hydrogen) atoms. The first-order valence-electron chi connectivity index (χ1n) is 7.20. The second kappa shape index (κ2) is 5.66. The van der Waals surface area contributed by atoms with Crippen LogP contribution >= 0.6 is 0 Å². The van der Waals surface area contributed by atoms with Crippen molar-refractivity contribution in [2.75, 3.05) is 11.1 Å². The second-order valence-corrected chi connectivity index (χ2v) is 7.64. The zero-order chi connectivity index (χ0) is 16.6. The van der Waals surface area contributed by atoms with Crippen LogP contribution in [0.3, 0.4) is 0 Å². The molecule has 1 unspecified atom stereocenters. The zero-order valence-corrected chi connectivity index (χ0v) is 13.6. The van der Waals surface area contributed by atoms with Crippen molar-refractivity contribution in [3.63, 3.8) is 0 Å². The highest BCUT2D eigenvalue weighted by Crippen LogP contribution is 2.32. The summed E-state index contributed by atoms with van der Waals surface area (Å²) in [6.07, 6.45) is 0. The lowest BCUT2D eigenvalue weighted by Gasteiger charge is -2.13. The molecule has 3 rings (SSSR count). The van der Waals surface area contributed by atoms with Gasteiger partial charge in [-0.1, -0.05) is 18.2 Å². The van der Waals surface area contributed by atoms with Crippen LogP contribution in [-0.4, -0.2) is 25.2 Å². The number of aryl methyl sites for hydroxylation is 2. The van der Waals surface area contributed by atoms with Crippen LogP contribution in [-0.2, 0) is 9.84 Å². The third kappa shape index (κ3) is 3.19. The Morgan fingerprint density at radius 3 is 2.70 bits per heavy atom. The Bertz CT molecular complexity index is 858. The number of nitrogens with zero attached hydrogens (tertiary/aromatic N) is 1. The summed E-state index contributed by atoms with van der Waals surface area (Å²) in [7, 11) is -3.34. The molecule has 1 aromatic heterocycles. The molecule has 1 aliphatic heterocycles. The fourth-order valence-corrected chi connectivity index (χ4v) is 4.52. The Kier molecular flexibility index (Phi) is 3.81. The Hall–Kier alpha value is -2.41. The summed E-state index contributed by atoms with van der Waals surface area (Å²) in [4.78, 5) is 16.7. The maximum Gasteiger partial charge on any atom is 0.320 e. The Morgan fingerprint density at radius 2 is 1.96 bits per heavy atom. The molecule has 6 nitrogen and oxygen atoms in total. The highest BCUT2D eigenvalue weighted by atomic mass is 32.2. The molecule has 0 spiro atoms. The van der Waals surface area contributed by atoms with E-state index < -0.39 is 21.9 Å². The third-order valence-corrected chi connectivity index (χ3v) is 5.47. The van der Waals surface area contributed by atoms with Crippen LogP contribution in [0.5, 0.6) is 0 Å². The van der Waals surface area contributed by atoms with Gasteiger partial charge in [-0.2, -0.15) is 0 Å². The predicted octanol–water partition coefficient (Wildman–Crippen LogP) is 2.35. The van der Waals surface area contributed by atoms with Gasteiger partial charge in [0.2, 0.25) is 0 Å². The Morgan fingerprint density at radius 1 is 1.22 bits per heavy atom. The number of carbonyl (C=O) groups is 1. The van der Waals surface area contributed by atoms with Crippen LogP contribution in [0.4, 0.5) is 10.6 Å². The van der Waals surface area contributed by atoms with Crippen molar-refractivity contribution in [1.29, 1.82) is 0 Å². The van der Waals surface area contributed by atoms with Crippen LogP contribution in [0.15, 0.2) is 41.3 Å². The number of hydrogen-bond donors (Lipinski definition) is 2. The van der Waals surface area contributed by atoms with Gasteiger partial charge in [0.15, 0.2) is 9.84 Å². The summed E-state index contributed by atoms with van der Waals surface area (Å²) < 4.78 is 24.2. The molecule has 1 aromatic carbocycles. The summed E-state index contributed by atoms with van der Waals surface area (Å²) in [6.45, 7) is 3.76. The van der Waals surface area contributed by atoms with Crippen molar-refractivity contribution in [2.45, 2.75) is 24.8 Å². The number of aromatic nitrogens is 1. The maximum atomic E-state index is 12.2. The van der Waals surface area contributed by atoms with Crippen LogP contribution < -0.4 is 10.6 Å². The monoisotopic (exact) mass is 331 g/mol. The first-order chi connectivity index (χ1) is 10.8. The lowest BCUT2D eigenvalue weighted by Crippen LogP contribution is -2.33. The number of carbonyl (C=O) groups excluding carboxylic acids is 1. The highest BCUT2D eigenvalue weighted by Gasteiger charge is 2.35. The first kappa shape index (κ1) is 15.5. The Labute approximate surface area is 134 Å². The summed E-state index contributed by atoms with van der Waals surface area (Å²) in [5.74, 6) is 0.314. The lowest BCUT2D eigenvalue weighted by atomic mass is 10.1. The van der Waals surface area contributed by atoms with E-state index in [4.69, 9.17) is 0 Å².